The number of nitrogens with zero attached hydrogens (tertiary/aromatic N) is 2. The van der Waals surface area contributed by atoms with Crippen molar-refractivity contribution in [1.29, 1.82) is 0 Å². The highest BCUT2D eigenvalue weighted by atomic mass is 35.5. The lowest BCUT2D eigenvalue weighted by atomic mass is 10.0. The van der Waals surface area contributed by atoms with Crippen LogP contribution in [0.15, 0.2) is 114 Å². The number of nitrogens with one attached hydrogen (secondary N) is 1. The molecule has 0 saturated heterocycles. The molecule has 4 rings (SSSR count). The number of hydrogen-bond acceptors (Lipinski definition) is 4. The van der Waals surface area contributed by atoms with Crippen molar-refractivity contribution in [2.75, 3.05) is 17.4 Å². The number of hydrogen-bond donors (Lipinski definition) is 1. The predicted octanol–water partition coefficient (Wildman–Crippen LogP) is 6.75. The van der Waals surface area contributed by atoms with E-state index in [4.69, 9.17) is 23.2 Å². The molecule has 0 bridgehead atoms. The Labute approximate surface area is 269 Å². The molecule has 44 heavy (non-hydrogen) atoms. The molecule has 0 fully saturated rings. The second kappa shape index (κ2) is 15.7. The normalized spacial score (nSPS) is 11.9. The van der Waals surface area contributed by atoms with Crippen LogP contribution in [0.1, 0.15) is 30.9 Å². The van der Waals surface area contributed by atoms with Gasteiger partial charge in [0, 0.05) is 29.6 Å². The van der Waals surface area contributed by atoms with E-state index in [0.717, 1.165) is 22.7 Å². The predicted molar refractivity (Wildman–Crippen MR) is 176 cm³/mol. The molecule has 4 aromatic carbocycles. The van der Waals surface area contributed by atoms with Gasteiger partial charge >= 0.3 is 0 Å². The standard InChI is InChI=1S/C34H35Cl2N3O4S/c1-2-3-21-37-34(41)32(23-26-11-6-4-7-12-26)38(24-27-13-10-14-29(36)22-27)33(40)25-39(30-19-17-28(35)18-20-30)44(42,43)31-15-8-5-9-16-31/h4-20,22,32H,2-3,21,23-25H2,1H3,(H,37,41)/t32-/m0/s1. The van der Waals surface area contributed by atoms with Gasteiger partial charge in [0.1, 0.15) is 12.6 Å². The summed E-state index contributed by atoms with van der Waals surface area (Å²) in [5.74, 6) is -0.868. The second-order valence-corrected chi connectivity index (χ2v) is 13.0. The van der Waals surface area contributed by atoms with Crippen LogP contribution in [-0.2, 0) is 32.6 Å². The van der Waals surface area contributed by atoms with Crippen molar-refractivity contribution in [3.8, 4) is 0 Å². The van der Waals surface area contributed by atoms with Gasteiger partial charge in [-0.15, -0.1) is 0 Å². The van der Waals surface area contributed by atoms with Gasteiger partial charge in [-0.2, -0.15) is 0 Å². The summed E-state index contributed by atoms with van der Waals surface area (Å²) in [4.78, 5) is 29.6. The SMILES string of the molecule is CCCCNC(=O)[C@H](Cc1ccccc1)N(Cc1cccc(Cl)c1)C(=O)CN(c1ccc(Cl)cc1)S(=O)(=O)c1ccccc1. The van der Waals surface area contributed by atoms with Gasteiger partial charge < -0.3 is 10.2 Å². The number of rotatable bonds is 14. The fraction of sp³-hybridized carbons (Fsp3) is 0.235. The highest BCUT2D eigenvalue weighted by Gasteiger charge is 2.34. The van der Waals surface area contributed by atoms with Gasteiger partial charge in [-0.25, -0.2) is 8.42 Å². The average molecular weight is 653 g/mol. The Kier molecular flexibility index (Phi) is 11.8. The first-order chi connectivity index (χ1) is 21.2. The van der Waals surface area contributed by atoms with Crippen molar-refractivity contribution in [3.63, 3.8) is 0 Å². The van der Waals surface area contributed by atoms with Gasteiger partial charge in [0.2, 0.25) is 11.8 Å². The third-order valence-corrected chi connectivity index (χ3v) is 9.34. The summed E-state index contributed by atoms with van der Waals surface area (Å²) >= 11 is 12.4. The number of carbonyl (C=O) groups excluding carboxylic acids is 2. The molecular weight excluding hydrogens is 617 g/mol. The van der Waals surface area contributed by atoms with Gasteiger partial charge in [-0.1, -0.05) is 97.2 Å². The number of carbonyl (C=O) groups is 2. The number of sulfonamides is 1. The molecule has 0 radical (unpaired) electrons. The van der Waals surface area contributed by atoms with Gasteiger partial charge in [-0.3, -0.25) is 13.9 Å². The Morgan fingerprint density at radius 1 is 0.795 bits per heavy atom. The molecule has 0 aliphatic heterocycles. The van der Waals surface area contributed by atoms with E-state index in [2.05, 4.69) is 5.32 Å². The van der Waals surface area contributed by atoms with Crippen LogP contribution < -0.4 is 9.62 Å². The third kappa shape index (κ3) is 8.85. The van der Waals surface area contributed by atoms with Crippen molar-refractivity contribution in [1.82, 2.24) is 10.2 Å². The number of halogens is 2. The summed E-state index contributed by atoms with van der Waals surface area (Å²) in [5.41, 5.74) is 1.83. The third-order valence-electron chi connectivity index (χ3n) is 7.07. The smallest absolute Gasteiger partial charge is 0.264 e. The van der Waals surface area contributed by atoms with E-state index in [0.29, 0.717) is 22.2 Å². The molecule has 2 amide bonds. The minimum absolute atomic E-state index is 0.0299. The molecule has 1 N–H and O–H groups in total. The molecular formula is C34H35Cl2N3O4S. The molecule has 0 aliphatic carbocycles. The molecule has 0 unspecified atom stereocenters. The highest BCUT2D eigenvalue weighted by Crippen LogP contribution is 2.26. The summed E-state index contributed by atoms with van der Waals surface area (Å²) in [6, 6.07) is 29.7. The Morgan fingerprint density at radius 3 is 2.07 bits per heavy atom. The molecule has 0 heterocycles. The van der Waals surface area contributed by atoms with Crippen molar-refractivity contribution in [3.05, 3.63) is 130 Å². The Hall–Kier alpha value is -3.85. The van der Waals surface area contributed by atoms with Gasteiger partial charge in [-0.05, 0) is 66.1 Å². The lowest BCUT2D eigenvalue weighted by molar-refractivity contribution is -0.140. The van der Waals surface area contributed by atoms with E-state index in [1.165, 1.54) is 17.0 Å². The van der Waals surface area contributed by atoms with Crippen LogP contribution in [0.5, 0.6) is 0 Å². The van der Waals surface area contributed by atoms with Crippen LogP contribution in [-0.4, -0.2) is 44.3 Å². The molecule has 0 spiro atoms. The fourth-order valence-corrected chi connectivity index (χ4v) is 6.52. The molecule has 4 aromatic rings. The number of benzene rings is 4. The number of unbranched alkanes of at least 4 members (excludes halogenated alkanes) is 1. The van der Waals surface area contributed by atoms with Crippen molar-refractivity contribution >= 4 is 50.7 Å². The van der Waals surface area contributed by atoms with Crippen LogP contribution in [0, 0.1) is 0 Å². The first-order valence-electron chi connectivity index (χ1n) is 14.4. The maximum atomic E-state index is 14.4. The maximum absolute atomic E-state index is 14.4. The lowest BCUT2D eigenvalue weighted by Gasteiger charge is -2.34. The van der Waals surface area contributed by atoms with Gasteiger partial charge in [0.25, 0.3) is 10.0 Å². The average Bonchev–Trinajstić information content (AvgIpc) is 3.03. The minimum atomic E-state index is -4.18. The topological polar surface area (TPSA) is 86.8 Å². The molecule has 7 nitrogen and oxygen atoms in total. The zero-order valence-electron chi connectivity index (χ0n) is 24.4. The summed E-state index contributed by atoms with van der Waals surface area (Å²) < 4.78 is 29.0. The lowest BCUT2D eigenvalue weighted by Crippen LogP contribution is -2.53. The Morgan fingerprint density at radius 2 is 1.43 bits per heavy atom. The van der Waals surface area contributed by atoms with Crippen LogP contribution in [0.2, 0.25) is 10.0 Å². The van der Waals surface area contributed by atoms with Gasteiger partial charge in [0.15, 0.2) is 0 Å². The number of amides is 2. The summed E-state index contributed by atoms with van der Waals surface area (Å²) in [6.45, 7) is 1.98. The number of anilines is 1. The fourth-order valence-electron chi connectivity index (χ4n) is 4.75. The van der Waals surface area contributed by atoms with Crippen LogP contribution >= 0.6 is 23.2 Å². The zero-order valence-corrected chi connectivity index (χ0v) is 26.7. The molecule has 0 aromatic heterocycles. The van der Waals surface area contributed by atoms with E-state index in [1.807, 2.05) is 43.3 Å². The first kappa shape index (κ1) is 33.1. The van der Waals surface area contributed by atoms with Crippen molar-refractivity contribution < 1.29 is 18.0 Å². The van der Waals surface area contributed by atoms with E-state index < -0.39 is 28.5 Å². The van der Waals surface area contributed by atoms with E-state index in [1.54, 1.807) is 60.7 Å². The summed E-state index contributed by atoms with van der Waals surface area (Å²) in [7, 11) is -4.18. The van der Waals surface area contributed by atoms with Crippen molar-refractivity contribution in [2.45, 2.75) is 43.7 Å². The molecule has 10 heteroatoms. The van der Waals surface area contributed by atoms with Gasteiger partial charge in [0.05, 0.1) is 10.6 Å². The molecule has 1 atom stereocenters. The van der Waals surface area contributed by atoms with Crippen molar-refractivity contribution in [2.24, 2.45) is 0 Å². The van der Waals surface area contributed by atoms with Crippen LogP contribution in [0.4, 0.5) is 5.69 Å². The monoisotopic (exact) mass is 651 g/mol. The summed E-state index contributed by atoms with van der Waals surface area (Å²) in [6.07, 6.45) is 1.91. The maximum Gasteiger partial charge on any atom is 0.264 e. The van der Waals surface area contributed by atoms with Crippen LogP contribution in [0.25, 0.3) is 0 Å². The highest BCUT2D eigenvalue weighted by molar-refractivity contribution is 7.92. The molecule has 0 saturated carbocycles. The second-order valence-electron chi connectivity index (χ2n) is 10.3. The molecule has 230 valence electrons. The summed E-state index contributed by atoms with van der Waals surface area (Å²) in [5, 5.41) is 3.88. The first-order valence-corrected chi connectivity index (χ1v) is 16.6. The van der Waals surface area contributed by atoms with E-state index >= 15 is 0 Å². The zero-order chi connectivity index (χ0) is 31.5. The minimum Gasteiger partial charge on any atom is -0.354 e. The van der Waals surface area contributed by atoms with Crippen LogP contribution in [0.3, 0.4) is 0 Å². The molecule has 0 aliphatic rings. The Bertz CT molecular complexity index is 1640. The largest absolute Gasteiger partial charge is 0.354 e. The van der Waals surface area contributed by atoms with E-state index in [-0.39, 0.29) is 29.5 Å². The Balaban J connectivity index is 1.78. The van der Waals surface area contributed by atoms with E-state index in [9.17, 15) is 18.0 Å². The quantitative estimate of drug-likeness (QED) is 0.153.